The lowest BCUT2D eigenvalue weighted by Crippen LogP contribution is -1.86. The summed E-state index contributed by atoms with van der Waals surface area (Å²) in [5.41, 5.74) is 4.54. The highest BCUT2D eigenvalue weighted by molar-refractivity contribution is 6.05. The van der Waals surface area contributed by atoms with E-state index < -0.39 is 0 Å². The SMILES string of the molecule is COc1ccc(-c2cc(O)c3oc4ccc(C)cc4c3n2)cc1. The Hall–Kier alpha value is -3.01. The Balaban J connectivity index is 1.97. The van der Waals surface area contributed by atoms with Crippen molar-refractivity contribution in [3.05, 3.63) is 54.1 Å². The number of ether oxygens (including phenoxy) is 1. The van der Waals surface area contributed by atoms with Crippen LogP contribution in [-0.2, 0) is 0 Å². The zero-order valence-electron chi connectivity index (χ0n) is 12.8. The Labute approximate surface area is 133 Å². The highest BCUT2D eigenvalue weighted by atomic mass is 16.5. The van der Waals surface area contributed by atoms with Gasteiger partial charge in [0, 0.05) is 17.0 Å². The molecule has 0 aliphatic carbocycles. The van der Waals surface area contributed by atoms with Crippen molar-refractivity contribution < 1.29 is 14.3 Å². The molecule has 0 aliphatic heterocycles. The minimum atomic E-state index is 0.0923. The largest absolute Gasteiger partial charge is 0.504 e. The molecule has 2 aromatic heterocycles. The van der Waals surface area contributed by atoms with Gasteiger partial charge in [0.05, 0.1) is 12.8 Å². The topological polar surface area (TPSA) is 55.5 Å². The zero-order chi connectivity index (χ0) is 16.0. The van der Waals surface area contributed by atoms with Crippen LogP contribution in [0.15, 0.2) is 52.9 Å². The number of aryl methyl sites for hydroxylation is 1. The monoisotopic (exact) mass is 305 g/mol. The molecular weight excluding hydrogens is 290 g/mol. The van der Waals surface area contributed by atoms with Crippen LogP contribution < -0.4 is 4.74 Å². The van der Waals surface area contributed by atoms with Gasteiger partial charge in [0.15, 0.2) is 11.3 Å². The van der Waals surface area contributed by atoms with E-state index in [-0.39, 0.29) is 5.75 Å². The number of furan rings is 1. The van der Waals surface area contributed by atoms with Crippen LogP contribution in [0.1, 0.15) is 5.56 Å². The maximum atomic E-state index is 10.3. The fourth-order valence-electron chi connectivity index (χ4n) is 2.74. The summed E-state index contributed by atoms with van der Waals surface area (Å²) in [5, 5.41) is 11.2. The van der Waals surface area contributed by atoms with Crippen molar-refractivity contribution in [3.63, 3.8) is 0 Å². The van der Waals surface area contributed by atoms with Gasteiger partial charge in [-0.05, 0) is 43.3 Å². The standard InChI is InChI=1S/C19H15NO3/c1-11-3-8-17-14(9-11)18-19(23-17)16(21)10-15(20-18)12-4-6-13(22-2)7-5-12/h3-10H,1-2H3,(H,20,21). The van der Waals surface area contributed by atoms with Crippen molar-refractivity contribution in [3.8, 4) is 22.8 Å². The van der Waals surface area contributed by atoms with Gasteiger partial charge >= 0.3 is 0 Å². The lowest BCUT2D eigenvalue weighted by Gasteiger charge is -2.04. The van der Waals surface area contributed by atoms with Gasteiger partial charge in [-0.25, -0.2) is 4.98 Å². The van der Waals surface area contributed by atoms with Crippen molar-refractivity contribution in [1.82, 2.24) is 4.98 Å². The molecule has 4 rings (SSSR count). The number of aromatic hydroxyl groups is 1. The normalized spacial score (nSPS) is 11.2. The molecule has 1 N–H and O–H groups in total. The maximum Gasteiger partial charge on any atom is 0.195 e. The Bertz CT molecular complexity index is 1020. The summed E-state index contributed by atoms with van der Waals surface area (Å²) in [6.45, 7) is 2.02. The average molecular weight is 305 g/mol. The lowest BCUT2D eigenvalue weighted by atomic mass is 10.1. The van der Waals surface area contributed by atoms with Gasteiger partial charge in [-0.2, -0.15) is 0 Å². The van der Waals surface area contributed by atoms with Gasteiger partial charge in [-0.1, -0.05) is 11.6 Å². The summed E-state index contributed by atoms with van der Waals surface area (Å²) in [6.07, 6.45) is 0. The second kappa shape index (κ2) is 5.02. The number of hydrogen-bond donors (Lipinski definition) is 1. The molecule has 0 aliphatic rings. The highest BCUT2D eigenvalue weighted by Crippen LogP contribution is 2.36. The van der Waals surface area contributed by atoms with Crippen LogP contribution in [0.25, 0.3) is 33.3 Å². The number of pyridine rings is 1. The predicted molar refractivity (Wildman–Crippen MR) is 89.9 cm³/mol. The van der Waals surface area contributed by atoms with E-state index in [2.05, 4.69) is 0 Å². The second-order valence-corrected chi connectivity index (χ2v) is 5.53. The quantitative estimate of drug-likeness (QED) is 0.584. The number of nitrogens with zero attached hydrogens (tertiary/aromatic N) is 1. The molecular formula is C19H15NO3. The summed E-state index contributed by atoms with van der Waals surface area (Å²) < 4.78 is 10.9. The molecule has 0 radical (unpaired) electrons. The number of methoxy groups -OCH3 is 1. The van der Waals surface area contributed by atoms with E-state index in [1.807, 2.05) is 49.4 Å². The highest BCUT2D eigenvalue weighted by Gasteiger charge is 2.14. The van der Waals surface area contributed by atoms with Gasteiger partial charge in [0.2, 0.25) is 0 Å². The molecule has 2 heterocycles. The Morgan fingerprint density at radius 3 is 2.57 bits per heavy atom. The first-order valence-corrected chi connectivity index (χ1v) is 7.33. The van der Waals surface area contributed by atoms with Gasteiger partial charge in [-0.3, -0.25) is 0 Å². The van der Waals surface area contributed by atoms with Crippen LogP contribution in [-0.4, -0.2) is 17.2 Å². The molecule has 0 fully saturated rings. The van der Waals surface area contributed by atoms with E-state index >= 15 is 0 Å². The number of hydrogen-bond acceptors (Lipinski definition) is 4. The van der Waals surface area contributed by atoms with Crippen molar-refractivity contribution in [2.75, 3.05) is 7.11 Å². The van der Waals surface area contributed by atoms with Crippen molar-refractivity contribution >= 4 is 22.1 Å². The van der Waals surface area contributed by atoms with Gasteiger partial charge in [-0.15, -0.1) is 0 Å². The minimum Gasteiger partial charge on any atom is -0.504 e. The number of aromatic nitrogens is 1. The first-order chi connectivity index (χ1) is 11.2. The van der Waals surface area contributed by atoms with Crippen LogP contribution in [0.4, 0.5) is 0 Å². The van der Waals surface area contributed by atoms with Gasteiger partial charge in [0.25, 0.3) is 0 Å². The fraction of sp³-hybridized carbons (Fsp3) is 0.105. The van der Waals surface area contributed by atoms with E-state index in [9.17, 15) is 5.11 Å². The van der Waals surface area contributed by atoms with Crippen molar-refractivity contribution in [1.29, 1.82) is 0 Å². The Kier molecular flexibility index (Phi) is 2.98. The third-order valence-electron chi connectivity index (χ3n) is 3.94. The van der Waals surface area contributed by atoms with Crippen LogP contribution >= 0.6 is 0 Å². The molecule has 4 heteroatoms. The van der Waals surface area contributed by atoms with Crippen LogP contribution in [0, 0.1) is 6.92 Å². The predicted octanol–water partition coefficient (Wildman–Crippen LogP) is 4.67. The summed E-state index contributed by atoms with van der Waals surface area (Å²) >= 11 is 0. The molecule has 4 nitrogen and oxygen atoms in total. The van der Waals surface area contributed by atoms with Crippen LogP contribution in [0.3, 0.4) is 0 Å². The zero-order valence-corrected chi connectivity index (χ0v) is 12.8. The molecule has 0 unspecified atom stereocenters. The Morgan fingerprint density at radius 2 is 1.83 bits per heavy atom. The number of benzene rings is 2. The third-order valence-corrected chi connectivity index (χ3v) is 3.94. The van der Waals surface area contributed by atoms with Crippen LogP contribution in [0.2, 0.25) is 0 Å². The minimum absolute atomic E-state index is 0.0923. The lowest BCUT2D eigenvalue weighted by molar-refractivity contribution is 0.415. The van der Waals surface area contributed by atoms with E-state index in [0.29, 0.717) is 16.8 Å². The van der Waals surface area contributed by atoms with E-state index in [1.54, 1.807) is 13.2 Å². The van der Waals surface area contributed by atoms with Crippen LogP contribution in [0.5, 0.6) is 11.5 Å². The molecule has 4 aromatic rings. The first kappa shape index (κ1) is 13.6. The molecule has 2 aromatic carbocycles. The second-order valence-electron chi connectivity index (χ2n) is 5.53. The van der Waals surface area contributed by atoms with Crippen molar-refractivity contribution in [2.45, 2.75) is 6.92 Å². The third kappa shape index (κ3) is 2.19. The Morgan fingerprint density at radius 1 is 1.04 bits per heavy atom. The summed E-state index contributed by atoms with van der Waals surface area (Å²) in [7, 11) is 1.63. The molecule has 0 amide bonds. The molecule has 114 valence electrons. The molecule has 0 saturated carbocycles. The van der Waals surface area contributed by atoms with Crippen molar-refractivity contribution in [2.24, 2.45) is 0 Å². The van der Waals surface area contributed by atoms with Gasteiger partial charge < -0.3 is 14.3 Å². The smallest absolute Gasteiger partial charge is 0.195 e. The van der Waals surface area contributed by atoms with E-state index in [0.717, 1.165) is 27.8 Å². The van der Waals surface area contributed by atoms with Gasteiger partial charge in [0.1, 0.15) is 16.8 Å². The van der Waals surface area contributed by atoms with E-state index in [1.165, 1.54) is 0 Å². The molecule has 0 saturated heterocycles. The van der Waals surface area contributed by atoms with E-state index in [4.69, 9.17) is 14.1 Å². The fourth-order valence-corrected chi connectivity index (χ4v) is 2.74. The first-order valence-electron chi connectivity index (χ1n) is 7.33. The summed E-state index contributed by atoms with van der Waals surface area (Å²) in [4.78, 5) is 4.70. The molecule has 0 bridgehead atoms. The number of rotatable bonds is 2. The summed E-state index contributed by atoms with van der Waals surface area (Å²) in [6, 6.07) is 15.1. The number of fused-ring (bicyclic) bond motifs is 3. The average Bonchev–Trinajstić information content (AvgIpc) is 2.93. The molecule has 23 heavy (non-hydrogen) atoms. The maximum absolute atomic E-state index is 10.3. The summed E-state index contributed by atoms with van der Waals surface area (Å²) in [5.74, 6) is 0.873. The molecule has 0 spiro atoms. The molecule has 0 atom stereocenters.